The summed E-state index contributed by atoms with van der Waals surface area (Å²) in [5, 5.41) is 0. The largest absolute Gasteiger partial charge is 0.142 e. The average Bonchev–Trinajstić information content (AvgIpc) is 2.58. The van der Waals surface area contributed by atoms with Crippen molar-refractivity contribution in [3.8, 4) is 0 Å². The smallest absolute Gasteiger partial charge is 0.0197 e. The first-order valence-electron chi connectivity index (χ1n) is 6.96. The van der Waals surface area contributed by atoms with E-state index in [1.807, 2.05) is 30.3 Å². The van der Waals surface area contributed by atoms with Crippen LogP contribution >= 0.6 is 12.6 Å². The fourth-order valence-electron chi connectivity index (χ4n) is 2.39. The second-order valence-corrected chi connectivity index (χ2v) is 5.27. The van der Waals surface area contributed by atoms with Crippen molar-refractivity contribution in [3.63, 3.8) is 0 Å². The Labute approximate surface area is 131 Å². The number of thiol groups is 1. The van der Waals surface area contributed by atoms with Gasteiger partial charge in [-0.3, -0.25) is 0 Å². The van der Waals surface area contributed by atoms with Gasteiger partial charge in [-0.15, -0.1) is 12.6 Å². The molecule has 0 radical (unpaired) electrons. The molecule has 3 aromatic carbocycles. The van der Waals surface area contributed by atoms with Gasteiger partial charge in [-0.05, 0) is 16.7 Å². The minimum Gasteiger partial charge on any atom is -0.142 e. The average molecular weight is 288 g/mol. The molecule has 0 fully saturated rings. The van der Waals surface area contributed by atoms with E-state index in [1.165, 1.54) is 11.1 Å². The lowest BCUT2D eigenvalue weighted by Gasteiger charge is -2.13. The molecule has 102 valence electrons. The van der Waals surface area contributed by atoms with Crippen LogP contribution in [0.4, 0.5) is 0 Å². The highest BCUT2D eigenvalue weighted by Gasteiger charge is 2.10. The van der Waals surface area contributed by atoms with Crippen LogP contribution in [0.2, 0.25) is 0 Å². The molecule has 0 atom stereocenters. The molecule has 0 aliphatic carbocycles. The van der Waals surface area contributed by atoms with E-state index in [1.54, 1.807) is 0 Å². The van der Waals surface area contributed by atoms with Crippen LogP contribution < -0.4 is 0 Å². The van der Waals surface area contributed by atoms with Crippen LogP contribution in [-0.4, -0.2) is 0 Å². The van der Waals surface area contributed by atoms with Crippen LogP contribution in [0, 0.1) is 0 Å². The third-order valence-electron chi connectivity index (χ3n) is 3.41. The number of rotatable bonds is 3. The van der Waals surface area contributed by atoms with Gasteiger partial charge in [0.15, 0.2) is 0 Å². The van der Waals surface area contributed by atoms with E-state index in [4.69, 9.17) is 12.6 Å². The van der Waals surface area contributed by atoms with Crippen LogP contribution in [0.15, 0.2) is 91.0 Å². The zero-order valence-corrected chi connectivity index (χ0v) is 12.5. The monoisotopic (exact) mass is 288 g/mol. The Morgan fingerprint density at radius 3 is 1.19 bits per heavy atom. The van der Waals surface area contributed by atoms with Gasteiger partial charge < -0.3 is 0 Å². The maximum atomic E-state index is 4.82. The molecular weight excluding hydrogens is 272 g/mol. The van der Waals surface area contributed by atoms with E-state index >= 15 is 0 Å². The van der Waals surface area contributed by atoms with E-state index < -0.39 is 0 Å². The maximum absolute atomic E-state index is 4.82. The van der Waals surface area contributed by atoms with Gasteiger partial charge in [0.25, 0.3) is 0 Å². The quantitative estimate of drug-likeness (QED) is 0.475. The Bertz CT molecular complexity index is 687. The molecule has 21 heavy (non-hydrogen) atoms. The Hall–Kier alpha value is -2.25. The maximum Gasteiger partial charge on any atom is 0.0197 e. The minimum atomic E-state index is 0.994. The zero-order valence-electron chi connectivity index (χ0n) is 11.6. The van der Waals surface area contributed by atoms with Crippen molar-refractivity contribution in [1.29, 1.82) is 0 Å². The van der Waals surface area contributed by atoms with E-state index in [2.05, 4.69) is 60.7 Å². The minimum absolute atomic E-state index is 0.994. The SMILES string of the molecule is SC(=C(c1ccccc1)c1ccccc1)c1ccccc1. The van der Waals surface area contributed by atoms with Crippen LogP contribution in [0.3, 0.4) is 0 Å². The summed E-state index contributed by atoms with van der Waals surface area (Å²) < 4.78 is 0. The first-order valence-corrected chi connectivity index (χ1v) is 7.40. The Balaban J connectivity index is 2.22. The molecule has 0 amide bonds. The summed E-state index contributed by atoms with van der Waals surface area (Å²) in [6.45, 7) is 0. The third kappa shape index (κ3) is 3.09. The van der Waals surface area contributed by atoms with Gasteiger partial charge in [0.1, 0.15) is 0 Å². The summed E-state index contributed by atoms with van der Waals surface area (Å²) in [7, 11) is 0. The fourth-order valence-corrected chi connectivity index (χ4v) is 2.80. The Kier molecular flexibility index (Phi) is 4.23. The number of hydrogen-bond acceptors (Lipinski definition) is 1. The standard InChI is InChI=1S/C20H16S/c21-20(18-14-8-3-9-15-18)19(16-10-4-1-5-11-16)17-12-6-2-7-13-17/h1-15,21H. The van der Waals surface area contributed by atoms with Crippen LogP contribution in [0.1, 0.15) is 16.7 Å². The van der Waals surface area contributed by atoms with E-state index in [-0.39, 0.29) is 0 Å². The van der Waals surface area contributed by atoms with Gasteiger partial charge in [0.05, 0.1) is 0 Å². The van der Waals surface area contributed by atoms with Gasteiger partial charge in [-0.2, -0.15) is 0 Å². The summed E-state index contributed by atoms with van der Waals surface area (Å²) in [4.78, 5) is 0.994. The molecule has 0 N–H and O–H groups in total. The second kappa shape index (κ2) is 6.47. The van der Waals surface area contributed by atoms with Crippen molar-refractivity contribution >= 4 is 23.1 Å². The molecule has 3 rings (SSSR count). The Morgan fingerprint density at radius 1 is 0.476 bits per heavy atom. The van der Waals surface area contributed by atoms with Crippen molar-refractivity contribution < 1.29 is 0 Å². The normalized spacial score (nSPS) is 10.1. The van der Waals surface area contributed by atoms with Gasteiger partial charge >= 0.3 is 0 Å². The predicted octanol–water partition coefficient (Wildman–Crippen LogP) is 5.53. The van der Waals surface area contributed by atoms with Gasteiger partial charge in [-0.25, -0.2) is 0 Å². The third-order valence-corrected chi connectivity index (χ3v) is 3.89. The lowest BCUT2D eigenvalue weighted by atomic mass is 9.95. The molecule has 0 saturated carbocycles. The van der Waals surface area contributed by atoms with Crippen LogP contribution in [0.25, 0.3) is 10.5 Å². The molecular formula is C20H16S. The highest BCUT2D eigenvalue weighted by Crippen LogP contribution is 2.34. The van der Waals surface area contributed by atoms with Gasteiger partial charge in [0.2, 0.25) is 0 Å². The summed E-state index contributed by atoms with van der Waals surface area (Å²) >= 11 is 4.82. The van der Waals surface area contributed by atoms with Crippen molar-refractivity contribution in [2.75, 3.05) is 0 Å². The molecule has 0 heterocycles. The molecule has 0 aliphatic heterocycles. The predicted molar refractivity (Wildman–Crippen MR) is 94.2 cm³/mol. The first-order chi connectivity index (χ1) is 10.4. The zero-order chi connectivity index (χ0) is 14.5. The van der Waals surface area contributed by atoms with Crippen molar-refractivity contribution in [2.45, 2.75) is 0 Å². The van der Waals surface area contributed by atoms with Crippen molar-refractivity contribution in [3.05, 3.63) is 108 Å². The topological polar surface area (TPSA) is 0 Å². The molecule has 0 aliphatic rings. The lowest BCUT2D eigenvalue weighted by molar-refractivity contribution is 1.55. The van der Waals surface area contributed by atoms with Crippen molar-refractivity contribution in [1.82, 2.24) is 0 Å². The molecule has 0 bridgehead atoms. The molecule has 0 saturated heterocycles. The lowest BCUT2D eigenvalue weighted by Crippen LogP contribution is -1.91. The van der Waals surface area contributed by atoms with Crippen LogP contribution in [-0.2, 0) is 0 Å². The highest BCUT2D eigenvalue weighted by molar-refractivity contribution is 7.90. The molecule has 1 heteroatoms. The Morgan fingerprint density at radius 2 is 0.810 bits per heavy atom. The summed E-state index contributed by atoms with van der Waals surface area (Å²) in [6.07, 6.45) is 0. The molecule has 0 spiro atoms. The number of benzene rings is 3. The van der Waals surface area contributed by atoms with E-state index in [0.29, 0.717) is 0 Å². The van der Waals surface area contributed by atoms with Gasteiger partial charge in [0, 0.05) is 10.5 Å². The fraction of sp³-hybridized carbons (Fsp3) is 0. The summed E-state index contributed by atoms with van der Waals surface area (Å²) in [6, 6.07) is 31.1. The van der Waals surface area contributed by atoms with Gasteiger partial charge in [-0.1, -0.05) is 91.0 Å². The molecule has 0 nitrogen and oxygen atoms in total. The molecule has 0 aromatic heterocycles. The summed E-state index contributed by atoms with van der Waals surface area (Å²) in [5.41, 5.74) is 4.64. The molecule has 0 unspecified atom stereocenters. The second-order valence-electron chi connectivity index (χ2n) is 4.82. The van der Waals surface area contributed by atoms with E-state index in [0.717, 1.165) is 16.0 Å². The first kappa shape index (κ1) is 13.7. The number of hydrogen-bond donors (Lipinski definition) is 1. The highest BCUT2D eigenvalue weighted by atomic mass is 32.1. The van der Waals surface area contributed by atoms with Crippen LogP contribution in [0.5, 0.6) is 0 Å². The molecule has 3 aromatic rings. The summed E-state index contributed by atoms with van der Waals surface area (Å²) in [5.74, 6) is 0. The van der Waals surface area contributed by atoms with Crippen molar-refractivity contribution in [2.24, 2.45) is 0 Å². The van der Waals surface area contributed by atoms with E-state index in [9.17, 15) is 0 Å².